The van der Waals surface area contributed by atoms with E-state index in [2.05, 4.69) is 4.74 Å². The fourth-order valence-corrected chi connectivity index (χ4v) is 1.34. The largest absolute Gasteiger partial charge is 0.416 e. The van der Waals surface area contributed by atoms with Crippen LogP contribution in [0.5, 0.6) is 0 Å². The Hall–Kier alpha value is -0.740. The van der Waals surface area contributed by atoms with Crippen molar-refractivity contribution in [3.05, 3.63) is 34.3 Å². The molecular weight excluding hydrogens is 217 g/mol. The van der Waals surface area contributed by atoms with E-state index in [4.69, 9.17) is 11.6 Å². The van der Waals surface area contributed by atoms with Gasteiger partial charge in [-0.05, 0) is 12.1 Å². The van der Waals surface area contributed by atoms with Gasteiger partial charge in [0.1, 0.15) is 0 Å². The monoisotopic (exact) mass is 224 g/mol. The molecule has 0 aliphatic carbocycles. The number of hydrogen-bond acceptors (Lipinski definition) is 1. The van der Waals surface area contributed by atoms with Gasteiger partial charge in [0.15, 0.2) is 0 Å². The summed E-state index contributed by atoms with van der Waals surface area (Å²) < 4.78 is 42.0. The summed E-state index contributed by atoms with van der Waals surface area (Å²) in [5, 5.41) is 0.0710. The van der Waals surface area contributed by atoms with Crippen LogP contribution in [-0.2, 0) is 17.5 Å². The van der Waals surface area contributed by atoms with E-state index in [1.165, 1.54) is 19.2 Å². The van der Waals surface area contributed by atoms with E-state index in [0.717, 1.165) is 6.07 Å². The Morgan fingerprint density at radius 3 is 2.50 bits per heavy atom. The SMILES string of the molecule is COCc1c(Cl)cccc1C(F)(F)F. The molecule has 1 rings (SSSR count). The highest BCUT2D eigenvalue weighted by molar-refractivity contribution is 6.31. The first kappa shape index (κ1) is 11.3. The van der Waals surface area contributed by atoms with Crippen molar-refractivity contribution in [3.8, 4) is 0 Å². The van der Waals surface area contributed by atoms with Crippen molar-refractivity contribution in [2.24, 2.45) is 0 Å². The fourth-order valence-electron chi connectivity index (χ4n) is 1.12. The number of ether oxygens (including phenoxy) is 1. The molecule has 0 N–H and O–H groups in total. The van der Waals surface area contributed by atoms with Crippen LogP contribution >= 0.6 is 11.6 Å². The van der Waals surface area contributed by atoms with Gasteiger partial charge in [-0.3, -0.25) is 0 Å². The zero-order valence-corrected chi connectivity index (χ0v) is 8.12. The topological polar surface area (TPSA) is 9.23 Å². The second-order valence-corrected chi connectivity index (χ2v) is 3.10. The molecule has 0 heterocycles. The normalized spacial score (nSPS) is 11.8. The molecule has 0 spiro atoms. The Balaban J connectivity index is 3.21. The molecule has 78 valence electrons. The molecule has 1 aromatic rings. The molecule has 14 heavy (non-hydrogen) atoms. The summed E-state index contributed by atoms with van der Waals surface area (Å²) in [6, 6.07) is 3.66. The average Bonchev–Trinajstić information content (AvgIpc) is 2.07. The van der Waals surface area contributed by atoms with Crippen molar-refractivity contribution in [3.63, 3.8) is 0 Å². The molecule has 0 aliphatic rings. The van der Waals surface area contributed by atoms with Crippen LogP contribution < -0.4 is 0 Å². The zero-order valence-electron chi connectivity index (χ0n) is 7.36. The first-order valence-electron chi connectivity index (χ1n) is 3.80. The number of halogens is 4. The van der Waals surface area contributed by atoms with Crippen LogP contribution in [0.4, 0.5) is 13.2 Å². The van der Waals surface area contributed by atoms with E-state index in [1.54, 1.807) is 0 Å². The summed E-state index contributed by atoms with van der Waals surface area (Å²) in [7, 11) is 1.32. The third kappa shape index (κ3) is 2.39. The predicted molar refractivity (Wildman–Crippen MR) is 47.2 cm³/mol. The first-order valence-corrected chi connectivity index (χ1v) is 4.18. The molecule has 5 heteroatoms. The maximum Gasteiger partial charge on any atom is 0.416 e. The Kier molecular flexibility index (Phi) is 3.39. The molecule has 0 saturated heterocycles. The van der Waals surface area contributed by atoms with E-state index in [9.17, 15) is 13.2 Å². The number of methoxy groups -OCH3 is 1. The summed E-state index contributed by atoms with van der Waals surface area (Å²) in [6.07, 6.45) is -4.39. The smallest absolute Gasteiger partial charge is 0.380 e. The summed E-state index contributed by atoms with van der Waals surface area (Å²) in [6.45, 7) is -0.144. The van der Waals surface area contributed by atoms with Crippen LogP contribution in [0.2, 0.25) is 5.02 Å². The van der Waals surface area contributed by atoms with Gasteiger partial charge in [0, 0.05) is 17.7 Å². The van der Waals surface area contributed by atoms with Gasteiger partial charge in [0.25, 0.3) is 0 Å². The molecule has 0 atom stereocenters. The molecule has 0 amide bonds. The third-order valence-corrected chi connectivity index (χ3v) is 2.07. The lowest BCUT2D eigenvalue weighted by molar-refractivity contribution is -0.138. The van der Waals surface area contributed by atoms with Crippen molar-refractivity contribution in [2.75, 3.05) is 7.11 Å². The van der Waals surface area contributed by atoms with Gasteiger partial charge in [-0.1, -0.05) is 17.7 Å². The summed E-state index contributed by atoms with van der Waals surface area (Å²) in [4.78, 5) is 0. The van der Waals surface area contributed by atoms with Crippen molar-refractivity contribution in [1.82, 2.24) is 0 Å². The molecular formula is C9H8ClF3O. The number of hydrogen-bond donors (Lipinski definition) is 0. The van der Waals surface area contributed by atoms with E-state index < -0.39 is 11.7 Å². The fraction of sp³-hybridized carbons (Fsp3) is 0.333. The maximum atomic E-state index is 12.4. The highest BCUT2D eigenvalue weighted by Gasteiger charge is 2.33. The Morgan fingerprint density at radius 2 is 2.00 bits per heavy atom. The second-order valence-electron chi connectivity index (χ2n) is 2.70. The molecule has 0 unspecified atom stereocenters. The van der Waals surface area contributed by atoms with Crippen LogP contribution in [0.1, 0.15) is 11.1 Å². The van der Waals surface area contributed by atoms with E-state index >= 15 is 0 Å². The number of rotatable bonds is 2. The van der Waals surface area contributed by atoms with Gasteiger partial charge in [0.05, 0.1) is 12.2 Å². The van der Waals surface area contributed by atoms with Crippen LogP contribution in [0.3, 0.4) is 0 Å². The zero-order chi connectivity index (χ0) is 10.8. The van der Waals surface area contributed by atoms with E-state index in [0.29, 0.717) is 0 Å². The average molecular weight is 225 g/mol. The first-order chi connectivity index (χ1) is 6.46. The van der Waals surface area contributed by atoms with E-state index in [-0.39, 0.29) is 17.2 Å². The molecule has 0 fully saturated rings. The lowest BCUT2D eigenvalue weighted by atomic mass is 10.1. The molecule has 0 saturated carbocycles. The summed E-state index contributed by atoms with van der Waals surface area (Å²) in [5.74, 6) is 0. The van der Waals surface area contributed by atoms with Crippen molar-refractivity contribution in [2.45, 2.75) is 12.8 Å². The second kappa shape index (κ2) is 4.19. The van der Waals surface area contributed by atoms with Crippen LogP contribution in [-0.4, -0.2) is 7.11 Å². The van der Waals surface area contributed by atoms with Gasteiger partial charge in [-0.2, -0.15) is 13.2 Å². The minimum atomic E-state index is -4.39. The quantitative estimate of drug-likeness (QED) is 0.747. The summed E-state index contributed by atoms with van der Waals surface area (Å²) >= 11 is 5.63. The molecule has 0 aliphatic heterocycles. The molecule has 1 nitrogen and oxygen atoms in total. The summed E-state index contributed by atoms with van der Waals surface area (Å²) in [5.41, 5.74) is -0.768. The lowest BCUT2D eigenvalue weighted by Gasteiger charge is -2.13. The van der Waals surface area contributed by atoms with Crippen LogP contribution in [0.25, 0.3) is 0 Å². The van der Waals surface area contributed by atoms with Gasteiger partial charge in [-0.15, -0.1) is 0 Å². The minimum absolute atomic E-state index is 0.0239. The minimum Gasteiger partial charge on any atom is -0.380 e. The van der Waals surface area contributed by atoms with Crippen LogP contribution in [0, 0.1) is 0 Å². The third-order valence-electron chi connectivity index (χ3n) is 1.71. The highest BCUT2D eigenvalue weighted by Crippen LogP contribution is 2.35. The van der Waals surface area contributed by atoms with Crippen molar-refractivity contribution < 1.29 is 17.9 Å². The molecule has 0 radical (unpaired) electrons. The van der Waals surface area contributed by atoms with Gasteiger partial charge >= 0.3 is 6.18 Å². The van der Waals surface area contributed by atoms with Crippen molar-refractivity contribution in [1.29, 1.82) is 0 Å². The van der Waals surface area contributed by atoms with Crippen molar-refractivity contribution >= 4 is 11.6 Å². The highest BCUT2D eigenvalue weighted by atomic mass is 35.5. The van der Waals surface area contributed by atoms with Gasteiger partial charge in [-0.25, -0.2) is 0 Å². The molecule has 0 aromatic heterocycles. The Morgan fingerprint density at radius 1 is 1.36 bits per heavy atom. The lowest BCUT2D eigenvalue weighted by Crippen LogP contribution is -2.10. The van der Waals surface area contributed by atoms with Crippen LogP contribution in [0.15, 0.2) is 18.2 Å². The van der Waals surface area contributed by atoms with Gasteiger partial charge in [0.2, 0.25) is 0 Å². The molecule has 1 aromatic carbocycles. The van der Waals surface area contributed by atoms with Gasteiger partial charge < -0.3 is 4.74 Å². The standard InChI is InChI=1S/C9H8ClF3O/c1-14-5-6-7(9(11,12)13)3-2-4-8(6)10/h2-4H,5H2,1H3. The Labute approximate surface area is 84.4 Å². The number of alkyl halides is 3. The number of benzene rings is 1. The molecule has 0 bridgehead atoms. The predicted octanol–water partition coefficient (Wildman–Crippen LogP) is 3.51. The maximum absolute atomic E-state index is 12.4. The van der Waals surface area contributed by atoms with E-state index in [1.807, 2.05) is 0 Å². The Bertz CT molecular complexity index is 322.